The number of allylic oxidation sites excluding steroid dienone is 1. The number of hydrogen-bond acceptors (Lipinski definition) is 5. The zero-order valence-corrected chi connectivity index (χ0v) is 10.2. The van der Waals surface area contributed by atoms with Crippen molar-refractivity contribution < 1.29 is 19.1 Å². The summed E-state index contributed by atoms with van der Waals surface area (Å²) in [4.78, 5) is 23.6. The van der Waals surface area contributed by atoms with Gasteiger partial charge in [-0.15, -0.1) is 0 Å². The van der Waals surface area contributed by atoms with Gasteiger partial charge in [0, 0.05) is 13.0 Å². The molecule has 0 aliphatic carbocycles. The first kappa shape index (κ1) is 12.1. The molecular weight excluding hydrogens is 222 g/mol. The Morgan fingerprint density at radius 3 is 2.35 bits per heavy atom. The van der Waals surface area contributed by atoms with Crippen molar-refractivity contribution in [3.8, 4) is 0 Å². The van der Waals surface area contributed by atoms with Crippen LogP contribution in [0, 0.1) is 0 Å². The van der Waals surface area contributed by atoms with Crippen LogP contribution in [0.25, 0.3) is 0 Å². The lowest BCUT2D eigenvalue weighted by Gasteiger charge is -2.36. The lowest BCUT2D eigenvalue weighted by molar-refractivity contribution is -0.248. The summed E-state index contributed by atoms with van der Waals surface area (Å²) in [6.07, 6.45) is 3.42. The summed E-state index contributed by atoms with van der Waals surface area (Å²) >= 11 is 0. The SMILES string of the molecule is CC(C)=C1C(=O)OC2(CCCCCN2)OC1=O. The monoisotopic (exact) mass is 239 g/mol. The number of carbonyl (C=O) groups is 2. The highest BCUT2D eigenvalue weighted by Gasteiger charge is 2.46. The van der Waals surface area contributed by atoms with Crippen molar-refractivity contribution >= 4 is 11.9 Å². The van der Waals surface area contributed by atoms with Crippen LogP contribution in [0.3, 0.4) is 0 Å². The summed E-state index contributed by atoms with van der Waals surface area (Å²) in [5.41, 5.74) is 0.630. The normalized spacial score (nSPS) is 29.6. The van der Waals surface area contributed by atoms with Gasteiger partial charge in [-0.3, -0.25) is 0 Å². The van der Waals surface area contributed by atoms with Crippen LogP contribution in [0.15, 0.2) is 11.1 Å². The first-order valence-corrected chi connectivity index (χ1v) is 5.93. The van der Waals surface area contributed by atoms with E-state index in [9.17, 15) is 9.59 Å². The second kappa shape index (κ2) is 4.49. The molecule has 94 valence electrons. The van der Waals surface area contributed by atoms with Crippen LogP contribution in [0.5, 0.6) is 0 Å². The summed E-state index contributed by atoms with van der Waals surface area (Å²) in [5, 5.41) is 3.01. The van der Waals surface area contributed by atoms with Gasteiger partial charge in [-0.1, -0.05) is 12.0 Å². The molecule has 1 spiro atoms. The van der Waals surface area contributed by atoms with Crippen LogP contribution < -0.4 is 5.32 Å². The largest absolute Gasteiger partial charge is 0.405 e. The van der Waals surface area contributed by atoms with Crippen molar-refractivity contribution in [2.75, 3.05) is 6.54 Å². The fourth-order valence-corrected chi connectivity index (χ4v) is 2.11. The number of ether oxygens (including phenoxy) is 2. The predicted molar refractivity (Wildman–Crippen MR) is 59.8 cm³/mol. The van der Waals surface area contributed by atoms with E-state index in [0.717, 1.165) is 19.3 Å². The average Bonchev–Trinajstić information content (AvgIpc) is 2.41. The summed E-state index contributed by atoms with van der Waals surface area (Å²) in [5.74, 6) is -2.41. The van der Waals surface area contributed by atoms with Crippen molar-refractivity contribution in [3.05, 3.63) is 11.1 Å². The van der Waals surface area contributed by atoms with Gasteiger partial charge in [0.1, 0.15) is 5.57 Å². The quantitative estimate of drug-likeness (QED) is 0.391. The second-order valence-corrected chi connectivity index (χ2v) is 4.64. The zero-order chi connectivity index (χ0) is 12.5. The van der Waals surface area contributed by atoms with E-state index < -0.39 is 17.8 Å². The first-order valence-electron chi connectivity index (χ1n) is 5.93. The smallest absolute Gasteiger partial charge is 0.349 e. The molecule has 0 radical (unpaired) electrons. The predicted octanol–water partition coefficient (Wildman–Crippen LogP) is 1.24. The van der Waals surface area contributed by atoms with Crippen LogP contribution in [-0.4, -0.2) is 24.4 Å². The third-order valence-electron chi connectivity index (χ3n) is 3.00. The van der Waals surface area contributed by atoms with Gasteiger partial charge in [0.05, 0.1) is 0 Å². The fraction of sp³-hybridized carbons (Fsp3) is 0.667. The summed E-state index contributed by atoms with van der Waals surface area (Å²) in [6, 6.07) is 0. The molecule has 17 heavy (non-hydrogen) atoms. The molecule has 0 aromatic carbocycles. The minimum absolute atomic E-state index is 0.0154. The third-order valence-corrected chi connectivity index (χ3v) is 3.00. The van der Waals surface area contributed by atoms with E-state index in [1.165, 1.54) is 0 Å². The van der Waals surface area contributed by atoms with Crippen molar-refractivity contribution in [1.82, 2.24) is 5.32 Å². The summed E-state index contributed by atoms with van der Waals surface area (Å²) < 4.78 is 10.6. The van der Waals surface area contributed by atoms with E-state index in [1.807, 2.05) is 0 Å². The molecule has 2 aliphatic rings. The maximum Gasteiger partial charge on any atom is 0.349 e. The van der Waals surface area contributed by atoms with E-state index >= 15 is 0 Å². The molecule has 5 heteroatoms. The third kappa shape index (κ3) is 2.34. The van der Waals surface area contributed by atoms with Crippen molar-refractivity contribution in [2.45, 2.75) is 45.4 Å². The molecule has 0 atom stereocenters. The number of carbonyl (C=O) groups excluding carboxylic acids is 2. The molecule has 5 nitrogen and oxygen atoms in total. The Hall–Kier alpha value is -1.36. The van der Waals surface area contributed by atoms with Gasteiger partial charge in [-0.25, -0.2) is 14.9 Å². The molecular formula is C12H17NO4. The first-order chi connectivity index (χ1) is 8.04. The average molecular weight is 239 g/mol. The number of nitrogens with one attached hydrogen (secondary N) is 1. The molecule has 0 amide bonds. The topological polar surface area (TPSA) is 64.6 Å². The van der Waals surface area contributed by atoms with Gasteiger partial charge in [0.15, 0.2) is 0 Å². The number of hydrogen-bond donors (Lipinski definition) is 1. The number of rotatable bonds is 0. The van der Waals surface area contributed by atoms with E-state index in [4.69, 9.17) is 9.47 Å². The van der Waals surface area contributed by atoms with Crippen LogP contribution in [0.1, 0.15) is 39.5 Å². The highest BCUT2D eigenvalue weighted by Crippen LogP contribution is 2.29. The Kier molecular flexibility index (Phi) is 3.19. The van der Waals surface area contributed by atoms with E-state index in [0.29, 0.717) is 18.5 Å². The maximum absolute atomic E-state index is 11.8. The van der Waals surface area contributed by atoms with Crippen LogP contribution >= 0.6 is 0 Å². The highest BCUT2D eigenvalue weighted by atomic mass is 16.8. The van der Waals surface area contributed by atoms with Gasteiger partial charge in [-0.2, -0.15) is 0 Å². The van der Waals surface area contributed by atoms with Crippen LogP contribution in [-0.2, 0) is 19.1 Å². The molecule has 1 N–H and O–H groups in total. The van der Waals surface area contributed by atoms with Crippen molar-refractivity contribution in [1.29, 1.82) is 0 Å². The molecule has 2 fully saturated rings. The Bertz CT molecular complexity index is 352. The second-order valence-electron chi connectivity index (χ2n) is 4.64. The Labute approximate surface area is 100 Å². The highest BCUT2D eigenvalue weighted by molar-refractivity contribution is 6.15. The summed E-state index contributed by atoms with van der Waals surface area (Å²) in [7, 11) is 0. The molecule has 0 saturated carbocycles. The van der Waals surface area contributed by atoms with Crippen LogP contribution in [0.2, 0.25) is 0 Å². The Balaban J connectivity index is 2.23. The van der Waals surface area contributed by atoms with Crippen molar-refractivity contribution in [2.24, 2.45) is 0 Å². The fourth-order valence-electron chi connectivity index (χ4n) is 2.11. The van der Waals surface area contributed by atoms with Gasteiger partial charge >= 0.3 is 17.8 Å². The van der Waals surface area contributed by atoms with E-state index in [1.54, 1.807) is 13.8 Å². The molecule has 0 aromatic heterocycles. The molecule has 2 heterocycles. The maximum atomic E-state index is 11.8. The molecule has 0 unspecified atom stereocenters. The Morgan fingerprint density at radius 2 is 1.76 bits per heavy atom. The standard InChI is InChI=1S/C12H17NO4/c1-8(2)9-10(14)16-12(17-11(9)15)6-4-3-5-7-13-12/h13H,3-7H2,1-2H3. The zero-order valence-electron chi connectivity index (χ0n) is 10.2. The molecule has 2 rings (SSSR count). The summed E-state index contributed by atoms with van der Waals surface area (Å²) in [6.45, 7) is 4.07. The molecule has 0 bridgehead atoms. The number of esters is 2. The van der Waals surface area contributed by atoms with Gasteiger partial charge in [0.2, 0.25) is 0 Å². The van der Waals surface area contributed by atoms with Crippen LogP contribution in [0.4, 0.5) is 0 Å². The molecule has 2 aliphatic heterocycles. The molecule has 0 aromatic rings. The Morgan fingerprint density at radius 1 is 1.12 bits per heavy atom. The van der Waals surface area contributed by atoms with Gasteiger partial charge < -0.3 is 9.47 Å². The molecule has 2 saturated heterocycles. The minimum atomic E-state index is -1.23. The van der Waals surface area contributed by atoms with Gasteiger partial charge in [-0.05, 0) is 26.7 Å². The van der Waals surface area contributed by atoms with E-state index in [2.05, 4.69) is 5.32 Å². The lowest BCUT2D eigenvalue weighted by Crippen LogP contribution is -2.56. The minimum Gasteiger partial charge on any atom is -0.405 e. The lowest BCUT2D eigenvalue weighted by atomic mass is 10.1. The van der Waals surface area contributed by atoms with Crippen molar-refractivity contribution in [3.63, 3.8) is 0 Å². The van der Waals surface area contributed by atoms with E-state index in [-0.39, 0.29) is 5.57 Å². The van der Waals surface area contributed by atoms with Gasteiger partial charge in [0.25, 0.3) is 0 Å².